The maximum absolute atomic E-state index is 11.8. The van der Waals surface area contributed by atoms with Crippen molar-refractivity contribution in [2.75, 3.05) is 11.1 Å². The molecule has 3 heterocycles. The number of hydrogen-bond acceptors (Lipinski definition) is 8. The molecule has 0 radical (unpaired) electrons. The Labute approximate surface area is 143 Å². The van der Waals surface area contributed by atoms with Crippen LogP contribution in [0.3, 0.4) is 0 Å². The largest absolute Gasteiger partial charge is 0.444 e. The summed E-state index contributed by atoms with van der Waals surface area (Å²) in [5.41, 5.74) is 8.78. The van der Waals surface area contributed by atoms with E-state index in [1.807, 2.05) is 6.92 Å². The highest BCUT2D eigenvalue weighted by atomic mass is 16.6. The molecule has 132 valence electrons. The second-order valence-corrected chi connectivity index (χ2v) is 6.58. The van der Waals surface area contributed by atoms with E-state index in [9.17, 15) is 4.79 Å². The highest BCUT2D eigenvalue weighted by Gasteiger charge is 2.18. The molecule has 0 atom stereocenters. The van der Waals surface area contributed by atoms with Crippen LogP contribution in [0.25, 0.3) is 11.2 Å². The topological polar surface area (TPSA) is 134 Å². The number of fused-ring (bicyclic) bond motifs is 1. The van der Waals surface area contributed by atoms with Crippen LogP contribution in [0.5, 0.6) is 0 Å². The lowest BCUT2D eigenvalue weighted by molar-refractivity contribution is 0.0636. The monoisotopic (exact) mass is 345 g/mol. The van der Waals surface area contributed by atoms with Crippen LogP contribution in [0.15, 0.2) is 17.0 Å². The first-order valence-corrected chi connectivity index (χ1v) is 7.62. The molecule has 0 fully saturated rings. The van der Waals surface area contributed by atoms with Gasteiger partial charge in [0.25, 0.3) is 0 Å². The number of nitrogens with zero attached hydrogens (tertiary/aromatic N) is 5. The van der Waals surface area contributed by atoms with Crippen LogP contribution in [0.2, 0.25) is 0 Å². The van der Waals surface area contributed by atoms with E-state index in [0.717, 1.165) is 5.56 Å². The molecule has 0 saturated carbocycles. The van der Waals surface area contributed by atoms with Crippen LogP contribution in [0.1, 0.15) is 32.0 Å². The fourth-order valence-electron chi connectivity index (χ4n) is 2.29. The highest BCUT2D eigenvalue weighted by molar-refractivity contribution is 5.85. The Hall–Kier alpha value is -3.17. The Morgan fingerprint density at radius 2 is 2.16 bits per heavy atom. The fraction of sp³-hybridized carbons (Fsp3) is 0.400. The zero-order valence-electron chi connectivity index (χ0n) is 14.4. The Morgan fingerprint density at radius 1 is 1.40 bits per heavy atom. The molecule has 10 heteroatoms. The van der Waals surface area contributed by atoms with Gasteiger partial charge in [-0.05, 0) is 38.0 Å². The molecule has 3 aromatic rings. The first kappa shape index (κ1) is 16.7. The van der Waals surface area contributed by atoms with Gasteiger partial charge >= 0.3 is 6.09 Å². The lowest BCUT2D eigenvalue weighted by atomic mass is 10.1. The molecule has 25 heavy (non-hydrogen) atoms. The summed E-state index contributed by atoms with van der Waals surface area (Å²) in [6.45, 7) is 7.57. The summed E-state index contributed by atoms with van der Waals surface area (Å²) in [6, 6.07) is 0. The number of nitrogens with one attached hydrogen (secondary N) is 1. The molecule has 1 amide bonds. The van der Waals surface area contributed by atoms with E-state index >= 15 is 0 Å². The molecular weight excluding hydrogens is 326 g/mol. The smallest absolute Gasteiger partial charge is 0.412 e. The van der Waals surface area contributed by atoms with Crippen LogP contribution in [-0.4, -0.2) is 36.8 Å². The summed E-state index contributed by atoms with van der Waals surface area (Å²) in [6.07, 6.45) is 2.66. The van der Waals surface area contributed by atoms with Gasteiger partial charge in [0, 0.05) is 17.5 Å². The van der Waals surface area contributed by atoms with Crippen LogP contribution >= 0.6 is 0 Å². The predicted octanol–water partition coefficient (Wildman–Crippen LogP) is 2.10. The highest BCUT2D eigenvalue weighted by Crippen LogP contribution is 2.24. The van der Waals surface area contributed by atoms with Gasteiger partial charge in [0.1, 0.15) is 5.60 Å². The lowest BCUT2D eigenvalue weighted by Gasteiger charge is -2.19. The van der Waals surface area contributed by atoms with E-state index in [4.69, 9.17) is 10.5 Å². The standard InChI is InChI=1S/C15H19N7O3/c1-8-10(11(16)12-13(18-8)21-25-20-12)7-22-6-9(5-17-22)19-14(23)24-15(2,3)4/h5-6H,7,16H2,1-4H3,(H,19,23). The summed E-state index contributed by atoms with van der Waals surface area (Å²) < 4.78 is 11.5. The Bertz CT molecular complexity index is 923. The average molecular weight is 345 g/mol. The molecule has 0 aliphatic carbocycles. The molecule has 0 aliphatic heterocycles. The minimum absolute atomic E-state index is 0.365. The van der Waals surface area contributed by atoms with Crippen molar-refractivity contribution in [3.63, 3.8) is 0 Å². The van der Waals surface area contributed by atoms with Gasteiger partial charge in [-0.2, -0.15) is 5.10 Å². The molecular formula is C15H19N7O3. The summed E-state index contributed by atoms with van der Waals surface area (Å²) in [4.78, 5) is 16.1. The van der Waals surface area contributed by atoms with Crippen molar-refractivity contribution in [2.45, 2.75) is 39.8 Å². The van der Waals surface area contributed by atoms with Crippen LogP contribution in [-0.2, 0) is 11.3 Å². The van der Waals surface area contributed by atoms with Gasteiger partial charge in [0.15, 0.2) is 5.52 Å². The van der Waals surface area contributed by atoms with Crippen molar-refractivity contribution in [3.05, 3.63) is 23.7 Å². The zero-order chi connectivity index (χ0) is 18.2. The van der Waals surface area contributed by atoms with Gasteiger partial charge < -0.3 is 10.5 Å². The number of anilines is 2. The summed E-state index contributed by atoms with van der Waals surface area (Å²) >= 11 is 0. The van der Waals surface area contributed by atoms with Crippen molar-refractivity contribution in [3.8, 4) is 0 Å². The summed E-state index contributed by atoms with van der Waals surface area (Å²) in [7, 11) is 0. The Kier molecular flexibility index (Phi) is 4.03. The van der Waals surface area contributed by atoms with Crippen molar-refractivity contribution in [1.82, 2.24) is 25.1 Å². The second-order valence-electron chi connectivity index (χ2n) is 6.58. The molecule has 0 unspecified atom stereocenters. The Morgan fingerprint density at radius 3 is 2.88 bits per heavy atom. The van der Waals surface area contributed by atoms with Gasteiger partial charge in [0.05, 0.1) is 24.1 Å². The number of carbonyl (C=O) groups excluding carboxylic acids is 1. The zero-order valence-corrected chi connectivity index (χ0v) is 14.4. The van der Waals surface area contributed by atoms with E-state index in [1.54, 1.807) is 31.6 Å². The van der Waals surface area contributed by atoms with Gasteiger partial charge in [-0.25, -0.2) is 14.4 Å². The molecule has 0 saturated heterocycles. The fourth-order valence-corrected chi connectivity index (χ4v) is 2.29. The van der Waals surface area contributed by atoms with E-state index in [2.05, 4.69) is 30.3 Å². The third-order valence-corrected chi connectivity index (χ3v) is 3.36. The second kappa shape index (κ2) is 6.04. The molecule has 0 aromatic carbocycles. The number of hydrogen-bond donors (Lipinski definition) is 2. The number of amides is 1. The van der Waals surface area contributed by atoms with Gasteiger partial charge in [0.2, 0.25) is 5.65 Å². The van der Waals surface area contributed by atoms with Crippen molar-refractivity contribution >= 4 is 28.6 Å². The van der Waals surface area contributed by atoms with E-state index in [-0.39, 0.29) is 0 Å². The number of nitrogens with two attached hydrogens (primary N) is 1. The van der Waals surface area contributed by atoms with E-state index < -0.39 is 11.7 Å². The maximum Gasteiger partial charge on any atom is 0.412 e. The number of pyridine rings is 1. The maximum atomic E-state index is 11.8. The van der Waals surface area contributed by atoms with Crippen molar-refractivity contribution < 1.29 is 14.2 Å². The van der Waals surface area contributed by atoms with Crippen molar-refractivity contribution in [2.24, 2.45) is 0 Å². The van der Waals surface area contributed by atoms with Crippen LogP contribution < -0.4 is 11.1 Å². The van der Waals surface area contributed by atoms with Gasteiger partial charge in [-0.15, -0.1) is 0 Å². The molecule has 3 rings (SSSR count). The van der Waals surface area contributed by atoms with Crippen LogP contribution in [0, 0.1) is 6.92 Å². The lowest BCUT2D eigenvalue weighted by Crippen LogP contribution is -2.27. The molecule has 0 aliphatic rings. The van der Waals surface area contributed by atoms with Gasteiger partial charge in [-0.3, -0.25) is 10.00 Å². The number of ether oxygens (including phenoxy) is 1. The quantitative estimate of drug-likeness (QED) is 0.737. The third kappa shape index (κ3) is 3.67. The normalized spacial score (nSPS) is 11.7. The average Bonchev–Trinajstić information content (AvgIpc) is 3.10. The molecule has 0 spiro atoms. The van der Waals surface area contributed by atoms with Crippen LogP contribution in [0.4, 0.5) is 16.2 Å². The molecule has 3 aromatic heterocycles. The SMILES string of the molecule is Cc1nc2nonc2c(N)c1Cn1cc(NC(=O)OC(C)(C)C)cn1. The van der Waals surface area contributed by atoms with Crippen molar-refractivity contribution in [1.29, 1.82) is 0 Å². The number of rotatable bonds is 3. The number of carbonyl (C=O) groups is 1. The minimum Gasteiger partial charge on any atom is -0.444 e. The molecule has 3 N–H and O–H groups in total. The minimum atomic E-state index is -0.571. The molecule has 0 bridgehead atoms. The predicted molar refractivity (Wildman–Crippen MR) is 89.9 cm³/mol. The number of aryl methyl sites for hydroxylation is 1. The Balaban J connectivity index is 1.77. The number of nitrogen functional groups attached to an aromatic ring is 1. The first-order valence-electron chi connectivity index (χ1n) is 7.62. The number of aromatic nitrogens is 5. The summed E-state index contributed by atoms with van der Waals surface area (Å²) in [5.74, 6) is 0. The van der Waals surface area contributed by atoms with E-state index in [1.165, 1.54) is 6.20 Å². The molecule has 10 nitrogen and oxygen atoms in total. The van der Waals surface area contributed by atoms with E-state index in [0.29, 0.717) is 34.8 Å². The summed E-state index contributed by atoms with van der Waals surface area (Å²) in [5, 5.41) is 14.3. The first-order chi connectivity index (χ1) is 11.7. The third-order valence-electron chi connectivity index (χ3n) is 3.36. The van der Waals surface area contributed by atoms with Gasteiger partial charge in [-0.1, -0.05) is 0 Å².